The number of esters is 1. The highest BCUT2D eigenvalue weighted by atomic mass is 32.2. The number of carbonyl (C=O) groups excluding carboxylic acids is 1. The van der Waals surface area contributed by atoms with Crippen molar-refractivity contribution in [3.63, 3.8) is 0 Å². The fraction of sp³-hybridized carbons (Fsp3) is 0.462. The summed E-state index contributed by atoms with van der Waals surface area (Å²) in [7, 11) is -2.51. The van der Waals surface area contributed by atoms with Crippen LogP contribution in [0.4, 0.5) is 0 Å². The molecule has 0 fully saturated rings. The third-order valence-electron chi connectivity index (χ3n) is 2.37. The van der Waals surface area contributed by atoms with Gasteiger partial charge in [-0.25, -0.2) is 17.9 Å². The molecule has 0 unspecified atom stereocenters. The zero-order chi connectivity index (χ0) is 14.7. The van der Waals surface area contributed by atoms with E-state index in [2.05, 4.69) is 9.46 Å². The Morgan fingerprint density at radius 3 is 2.37 bits per heavy atom. The zero-order valence-corrected chi connectivity index (χ0v) is 12.4. The molecule has 5 nitrogen and oxygen atoms in total. The molecular weight excluding hydrogens is 266 g/mol. The maximum atomic E-state index is 12.2. The lowest BCUT2D eigenvalue weighted by molar-refractivity contribution is 0.0596. The first-order valence-electron chi connectivity index (χ1n) is 5.84. The average Bonchev–Trinajstić information content (AvgIpc) is 2.35. The molecule has 0 aromatic heterocycles. The van der Waals surface area contributed by atoms with Crippen molar-refractivity contribution in [2.45, 2.75) is 25.7 Å². The van der Waals surface area contributed by atoms with Gasteiger partial charge in [-0.3, -0.25) is 0 Å². The molecule has 1 N–H and O–H groups in total. The Bertz CT molecular complexity index is 558. The van der Waals surface area contributed by atoms with Crippen molar-refractivity contribution in [1.82, 2.24) is 4.72 Å². The summed E-state index contributed by atoms with van der Waals surface area (Å²) in [5.41, 5.74) is -0.154. The quantitative estimate of drug-likeness (QED) is 0.856. The fourth-order valence-corrected chi connectivity index (χ4v) is 2.85. The molecule has 0 aliphatic carbocycles. The highest BCUT2D eigenvalue weighted by molar-refractivity contribution is 7.89. The molecule has 0 saturated carbocycles. The highest BCUT2D eigenvalue weighted by Gasteiger charge is 2.24. The van der Waals surface area contributed by atoms with Crippen molar-refractivity contribution in [2.75, 3.05) is 13.7 Å². The lowest BCUT2D eigenvalue weighted by atomic mass is 9.98. The van der Waals surface area contributed by atoms with Crippen LogP contribution < -0.4 is 4.72 Å². The van der Waals surface area contributed by atoms with E-state index in [9.17, 15) is 13.2 Å². The predicted molar refractivity (Wildman–Crippen MR) is 72.4 cm³/mol. The Kier molecular flexibility index (Phi) is 4.70. The van der Waals surface area contributed by atoms with Crippen LogP contribution in [-0.4, -0.2) is 28.0 Å². The van der Waals surface area contributed by atoms with Gasteiger partial charge in [0.1, 0.15) is 0 Å². The number of rotatable bonds is 4. The topological polar surface area (TPSA) is 72.5 Å². The van der Waals surface area contributed by atoms with Gasteiger partial charge in [-0.15, -0.1) is 0 Å². The SMILES string of the molecule is COC(=O)c1ccccc1S(=O)(=O)NCC(C)(C)C. The van der Waals surface area contributed by atoms with E-state index in [1.54, 1.807) is 12.1 Å². The molecule has 0 radical (unpaired) electrons. The lowest BCUT2D eigenvalue weighted by Gasteiger charge is -2.19. The molecule has 19 heavy (non-hydrogen) atoms. The van der Waals surface area contributed by atoms with Crippen molar-refractivity contribution in [1.29, 1.82) is 0 Å². The van der Waals surface area contributed by atoms with Crippen LogP contribution in [0.5, 0.6) is 0 Å². The molecule has 0 aliphatic rings. The molecule has 0 atom stereocenters. The van der Waals surface area contributed by atoms with Gasteiger partial charge in [-0.2, -0.15) is 0 Å². The Balaban J connectivity index is 3.12. The van der Waals surface area contributed by atoms with Crippen molar-refractivity contribution < 1.29 is 17.9 Å². The van der Waals surface area contributed by atoms with Crippen LogP contribution in [0.2, 0.25) is 0 Å². The number of ether oxygens (including phenoxy) is 1. The minimum absolute atomic E-state index is 0.0337. The van der Waals surface area contributed by atoms with Gasteiger partial charge >= 0.3 is 5.97 Å². The highest BCUT2D eigenvalue weighted by Crippen LogP contribution is 2.18. The molecule has 1 aromatic carbocycles. The summed E-state index contributed by atoms with van der Waals surface area (Å²) in [6, 6.07) is 5.97. The summed E-state index contributed by atoms with van der Waals surface area (Å²) in [5, 5.41) is 0. The number of sulfonamides is 1. The predicted octanol–water partition coefficient (Wildman–Crippen LogP) is 1.80. The molecule has 106 valence electrons. The maximum Gasteiger partial charge on any atom is 0.339 e. The van der Waals surface area contributed by atoms with Crippen LogP contribution in [0.1, 0.15) is 31.1 Å². The molecule has 6 heteroatoms. The standard InChI is InChI=1S/C13H19NO4S/c1-13(2,3)9-14-19(16,17)11-8-6-5-7-10(11)12(15)18-4/h5-8,14H,9H2,1-4H3. The van der Waals surface area contributed by atoms with Crippen LogP contribution in [0, 0.1) is 5.41 Å². The van der Waals surface area contributed by atoms with Gasteiger partial charge in [-0.05, 0) is 17.5 Å². The second kappa shape index (κ2) is 5.71. The molecular formula is C13H19NO4S. The van der Waals surface area contributed by atoms with E-state index in [4.69, 9.17) is 0 Å². The van der Waals surface area contributed by atoms with Gasteiger partial charge in [-0.1, -0.05) is 32.9 Å². The number of hydrogen-bond acceptors (Lipinski definition) is 4. The van der Waals surface area contributed by atoms with E-state index >= 15 is 0 Å². The van der Waals surface area contributed by atoms with E-state index in [1.807, 2.05) is 20.8 Å². The average molecular weight is 285 g/mol. The molecule has 0 spiro atoms. The monoisotopic (exact) mass is 285 g/mol. The first-order valence-corrected chi connectivity index (χ1v) is 7.33. The summed E-state index contributed by atoms with van der Waals surface area (Å²) in [6.07, 6.45) is 0. The van der Waals surface area contributed by atoms with Gasteiger partial charge in [0.2, 0.25) is 10.0 Å². The van der Waals surface area contributed by atoms with Crippen molar-refractivity contribution in [2.24, 2.45) is 5.41 Å². The summed E-state index contributed by atoms with van der Waals surface area (Å²) in [4.78, 5) is 11.5. The molecule has 0 aliphatic heterocycles. The molecule has 0 amide bonds. The van der Waals surface area contributed by atoms with E-state index in [-0.39, 0.29) is 22.4 Å². The lowest BCUT2D eigenvalue weighted by Crippen LogP contribution is -2.33. The summed E-state index contributed by atoms with van der Waals surface area (Å²) in [5.74, 6) is -0.670. The van der Waals surface area contributed by atoms with Crippen molar-refractivity contribution in [3.8, 4) is 0 Å². The molecule has 1 rings (SSSR count). The second-order valence-electron chi connectivity index (χ2n) is 5.37. The van der Waals surface area contributed by atoms with Crippen LogP contribution in [0.3, 0.4) is 0 Å². The number of nitrogens with one attached hydrogen (secondary N) is 1. The Hall–Kier alpha value is -1.40. The Labute approximate surface area is 114 Å². The normalized spacial score (nSPS) is 12.2. The second-order valence-corrected chi connectivity index (χ2v) is 7.11. The Morgan fingerprint density at radius 2 is 1.84 bits per heavy atom. The van der Waals surface area contributed by atoms with Gasteiger partial charge in [0, 0.05) is 6.54 Å². The number of hydrogen-bond donors (Lipinski definition) is 1. The van der Waals surface area contributed by atoms with Gasteiger partial charge in [0.05, 0.1) is 17.6 Å². The summed E-state index contributed by atoms with van der Waals surface area (Å²) in [6.45, 7) is 6.04. The maximum absolute atomic E-state index is 12.2. The molecule has 0 saturated heterocycles. The van der Waals surface area contributed by atoms with Gasteiger partial charge < -0.3 is 4.74 Å². The fourth-order valence-electron chi connectivity index (χ4n) is 1.37. The molecule has 0 heterocycles. The first kappa shape index (κ1) is 15.7. The molecule has 0 bridgehead atoms. The third kappa shape index (κ3) is 4.33. The van der Waals surface area contributed by atoms with E-state index in [0.29, 0.717) is 0 Å². The Morgan fingerprint density at radius 1 is 1.26 bits per heavy atom. The largest absolute Gasteiger partial charge is 0.465 e. The van der Waals surface area contributed by atoms with Crippen LogP contribution in [0.15, 0.2) is 29.2 Å². The smallest absolute Gasteiger partial charge is 0.339 e. The van der Waals surface area contributed by atoms with E-state index in [0.717, 1.165) is 0 Å². The number of benzene rings is 1. The number of carbonyl (C=O) groups is 1. The van der Waals surface area contributed by atoms with Crippen LogP contribution in [0.25, 0.3) is 0 Å². The van der Waals surface area contributed by atoms with Crippen LogP contribution >= 0.6 is 0 Å². The van der Waals surface area contributed by atoms with Gasteiger partial charge in [0.15, 0.2) is 0 Å². The zero-order valence-electron chi connectivity index (χ0n) is 11.6. The summed E-state index contributed by atoms with van der Waals surface area (Å²) < 4.78 is 31.5. The molecule has 1 aromatic rings. The van der Waals surface area contributed by atoms with Crippen LogP contribution in [-0.2, 0) is 14.8 Å². The van der Waals surface area contributed by atoms with Gasteiger partial charge in [0.25, 0.3) is 0 Å². The van der Waals surface area contributed by atoms with Crippen molar-refractivity contribution in [3.05, 3.63) is 29.8 Å². The van der Waals surface area contributed by atoms with E-state index in [1.165, 1.54) is 19.2 Å². The third-order valence-corrected chi connectivity index (χ3v) is 3.83. The number of methoxy groups -OCH3 is 1. The first-order chi connectivity index (χ1) is 8.67. The van der Waals surface area contributed by atoms with Crippen molar-refractivity contribution >= 4 is 16.0 Å². The minimum Gasteiger partial charge on any atom is -0.465 e. The summed E-state index contributed by atoms with van der Waals surface area (Å²) >= 11 is 0. The minimum atomic E-state index is -3.73. The van der Waals surface area contributed by atoms with E-state index < -0.39 is 16.0 Å².